The summed E-state index contributed by atoms with van der Waals surface area (Å²) in [4.78, 5) is 0. The summed E-state index contributed by atoms with van der Waals surface area (Å²) in [6, 6.07) is 17.3. The SMILES string of the molecule is C=C1C(=C)C(NC/C(=C/C)c2ccccc2C)=C1C.CC.CC.CCc1ccc(CC)cc1. The van der Waals surface area contributed by atoms with Crippen molar-refractivity contribution >= 4 is 5.57 Å². The van der Waals surface area contributed by atoms with Crippen LogP contribution in [0.2, 0.25) is 0 Å². The van der Waals surface area contributed by atoms with Crippen molar-refractivity contribution in [2.45, 2.75) is 75.2 Å². The molecule has 3 rings (SSSR count). The van der Waals surface area contributed by atoms with Crippen LogP contribution in [0.3, 0.4) is 0 Å². The summed E-state index contributed by atoms with van der Waals surface area (Å²) in [6.45, 7) is 27.5. The van der Waals surface area contributed by atoms with Crippen LogP contribution in [0.1, 0.15) is 77.6 Å². The van der Waals surface area contributed by atoms with Crippen LogP contribution in [-0.4, -0.2) is 6.54 Å². The van der Waals surface area contributed by atoms with E-state index in [0.717, 1.165) is 36.2 Å². The molecule has 180 valence electrons. The topological polar surface area (TPSA) is 12.0 Å². The molecule has 1 N–H and O–H groups in total. The van der Waals surface area contributed by atoms with Gasteiger partial charge in [-0.05, 0) is 78.2 Å². The summed E-state index contributed by atoms with van der Waals surface area (Å²) >= 11 is 0. The van der Waals surface area contributed by atoms with Gasteiger partial charge < -0.3 is 5.32 Å². The highest BCUT2D eigenvalue weighted by molar-refractivity contribution is 5.71. The predicted molar refractivity (Wildman–Crippen MR) is 152 cm³/mol. The fourth-order valence-corrected chi connectivity index (χ4v) is 3.41. The molecule has 0 aliphatic heterocycles. The number of rotatable bonds is 6. The maximum Gasteiger partial charge on any atom is 0.0452 e. The van der Waals surface area contributed by atoms with Gasteiger partial charge in [-0.2, -0.15) is 0 Å². The Morgan fingerprint density at radius 2 is 1.27 bits per heavy atom. The molecule has 0 radical (unpaired) electrons. The number of aryl methyl sites for hydroxylation is 3. The van der Waals surface area contributed by atoms with Crippen molar-refractivity contribution in [2.75, 3.05) is 6.54 Å². The largest absolute Gasteiger partial charge is 0.380 e. The van der Waals surface area contributed by atoms with Gasteiger partial charge in [0.05, 0.1) is 0 Å². The average molecular weight is 446 g/mol. The highest BCUT2D eigenvalue weighted by atomic mass is 14.9. The third-order valence-corrected chi connectivity index (χ3v) is 5.63. The normalized spacial score (nSPS) is 12.3. The molecule has 1 nitrogen and oxygen atoms in total. The van der Waals surface area contributed by atoms with Gasteiger partial charge in [0.2, 0.25) is 0 Å². The van der Waals surface area contributed by atoms with Gasteiger partial charge in [-0.25, -0.2) is 0 Å². The van der Waals surface area contributed by atoms with Crippen molar-refractivity contribution in [2.24, 2.45) is 0 Å². The van der Waals surface area contributed by atoms with Crippen molar-refractivity contribution in [1.29, 1.82) is 0 Å². The molecule has 0 fully saturated rings. The molecule has 0 unspecified atom stereocenters. The first-order valence-electron chi connectivity index (χ1n) is 12.6. The van der Waals surface area contributed by atoms with Crippen molar-refractivity contribution in [1.82, 2.24) is 5.32 Å². The lowest BCUT2D eigenvalue weighted by Crippen LogP contribution is -2.25. The van der Waals surface area contributed by atoms with E-state index in [4.69, 9.17) is 0 Å². The van der Waals surface area contributed by atoms with Gasteiger partial charge in [-0.3, -0.25) is 0 Å². The number of nitrogens with one attached hydrogen (secondary N) is 1. The lowest BCUT2D eigenvalue weighted by atomic mass is 9.85. The first kappa shape index (κ1) is 30.2. The predicted octanol–water partition coefficient (Wildman–Crippen LogP) is 9.25. The van der Waals surface area contributed by atoms with Crippen LogP contribution in [0.4, 0.5) is 0 Å². The zero-order chi connectivity index (χ0) is 25.4. The van der Waals surface area contributed by atoms with E-state index in [1.165, 1.54) is 33.4 Å². The minimum absolute atomic E-state index is 0.820. The molecule has 2 aromatic rings. The Morgan fingerprint density at radius 3 is 1.67 bits per heavy atom. The third-order valence-electron chi connectivity index (χ3n) is 5.63. The van der Waals surface area contributed by atoms with Gasteiger partial charge in [0.1, 0.15) is 0 Å². The molecule has 0 bridgehead atoms. The van der Waals surface area contributed by atoms with Gasteiger partial charge in [0, 0.05) is 12.2 Å². The van der Waals surface area contributed by atoms with Crippen molar-refractivity contribution in [3.05, 3.63) is 112 Å². The van der Waals surface area contributed by atoms with E-state index in [1.54, 1.807) is 0 Å². The summed E-state index contributed by atoms with van der Waals surface area (Å²) in [6.07, 6.45) is 4.45. The molecule has 1 heteroatoms. The fraction of sp³-hybridized carbons (Fsp3) is 0.375. The Kier molecular flexibility index (Phi) is 15.4. The van der Waals surface area contributed by atoms with E-state index in [9.17, 15) is 0 Å². The van der Waals surface area contributed by atoms with Crippen LogP contribution in [0.5, 0.6) is 0 Å². The minimum Gasteiger partial charge on any atom is -0.380 e. The average Bonchev–Trinajstić information content (AvgIpc) is 2.89. The number of allylic oxidation sites excluding steroid dienone is 3. The molecule has 0 aromatic heterocycles. The van der Waals surface area contributed by atoms with E-state index in [2.05, 4.69) is 108 Å². The lowest BCUT2D eigenvalue weighted by Gasteiger charge is -2.28. The Hall–Kier alpha value is -2.80. The Bertz CT molecular complexity index is 900. The molecule has 0 saturated carbocycles. The molecule has 0 amide bonds. The van der Waals surface area contributed by atoms with E-state index in [0.29, 0.717) is 0 Å². The monoisotopic (exact) mass is 445 g/mol. The zero-order valence-corrected chi connectivity index (χ0v) is 22.7. The molecule has 1 aliphatic rings. The highest BCUT2D eigenvalue weighted by Gasteiger charge is 2.22. The maximum atomic E-state index is 4.03. The van der Waals surface area contributed by atoms with Gasteiger partial charge in [-0.15, -0.1) is 0 Å². The van der Waals surface area contributed by atoms with Gasteiger partial charge in [-0.1, -0.05) is 109 Å². The standard InChI is InChI=1S/C18H21N.C10H14.2C2H6/c1-6-16(17-10-8-7-9-12(17)2)11-19-18-14(4)13(3)15(18)5;1-3-9-5-7-10(4-2)8-6-9;2*1-2/h6-10,19H,3-4,11H2,1-2,5H3;5-8H,3-4H2,1-2H3;2*1-2H3/b16-6-;;;. The maximum absolute atomic E-state index is 4.03. The fourth-order valence-electron chi connectivity index (χ4n) is 3.41. The molecule has 2 aromatic carbocycles. The molecular weight excluding hydrogens is 398 g/mol. The summed E-state index contributed by atoms with van der Waals surface area (Å²) in [7, 11) is 0. The second kappa shape index (κ2) is 16.8. The van der Waals surface area contributed by atoms with Gasteiger partial charge in [0.25, 0.3) is 0 Å². The van der Waals surface area contributed by atoms with E-state index >= 15 is 0 Å². The minimum atomic E-state index is 0.820. The first-order valence-corrected chi connectivity index (χ1v) is 12.6. The molecule has 33 heavy (non-hydrogen) atoms. The van der Waals surface area contributed by atoms with Crippen LogP contribution >= 0.6 is 0 Å². The van der Waals surface area contributed by atoms with Crippen molar-refractivity contribution < 1.29 is 0 Å². The third kappa shape index (κ3) is 8.92. The molecule has 0 heterocycles. The Balaban J connectivity index is 0.000000617. The Labute approximate surface area is 205 Å². The number of benzene rings is 2. The van der Waals surface area contributed by atoms with Crippen LogP contribution in [-0.2, 0) is 12.8 Å². The molecule has 0 spiro atoms. The second-order valence-corrected chi connectivity index (χ2v) is 7.46. The van der Waals surface area contributed by atoms with Crippen molar-refractivity contribution in [3.8, 4) is 0 Å². The van der Waals surface area contributed by atoms with Crippen LogP contribution in [0, 0.1) is 6.92 Å². The van der Waals surface area contributed by atoms with Gasteiger partial charge >= 0.3 is 0 Å². The summed E-state index contributed by atoms with van der Waals surface area (Å²) in [5, 5.41) is 3.48. The molecule has 0 saturated heterocycles. The van der Waals surface area contributed by atoms with Crippen LogP contribution in [0.15, 0.2) is 90.2 Å². The Morgan fingerprint density at radius 1 is 0.788 bits per heavy atom. The highest BCUT2D eigenvalue weighted by Crippen LogP contribution is 2.35. The van der Waals surface area contributed by atoms with E-state index < -0.39 is 0 Å². The quantitative estimate of drug-likeness (QED) is 0.467. The van der Waals surface area contributed by atoms with Crippen molar-refractivity contribution in [3.63, 3.8) is 0 Å². The number of hydrogen-bond donors (Lipinski definition) is 1. The summed E-state index contributed by atoms with van der Waals surface area (Å²) in [5.74, 6) is 0. The number of hydrogen-bond acceptors (Lipinski definition) is 1. The lowest BCUT2D eigenvalue weighted by molar-refractivity contribution is 0.881. The summed E-state index contributed by atoms with van der Waals surface area (Å²) in [5.41, 5.74) is 11.3. The van der Waals surface area contributed by atoms with Gasteiger partial charge in [0.15, 0.2) is 0 Å². The molecule has 1 aliphatic carbocycles. The second-order valence-electron chi connectivity index (χ2n) is 7.46. The summed E-state index contributed by atoms with van der Waals surface area (Å²) < 4.78 is 0. The molecular formula is C32H47N. The van der Waals surface area contributed by atoms with E-state index in [1.807, 2.05) is 27.7 Å². The van der Waals surface area contributed by atoms with Crippen LogP contribution < -0.4 is 5.32 Å². The molecule has 0 atom stereocenters. The first-order chi connectivity index (χ1) is 15.9. The van der Waals surface area contributed by atoms with E-state index in [-0.39, 0.29) is 0 Å². The van der Waals surface area contributed by atoms with Crippen LogP contribution in [0.25, 0.3) is 5.57 Å². The smallest absolute Gasteiger partial charge is 0.0452 e. The zero-order valence-electron chi connectivity index (χ0n) is 22.7.